The van der Waals surface area contributed by atoms with Gasteiger partial charge in [0.15, 0.2) is 0 Å². The number of pyridine rings is 1. The molecule has 2 bridgehead atoms. The van der Waals surface area contributed by atoms with Gasteiger partial charge in [-0.2, -0.15) is 10.2 Å². The highest BCUT2D eigenvalue weighted by Crippen LogP contribution is 2.67. The summed E-state index contributed by atoms with van der Waals surface area (Å²) in [6, 6.07) is 10.7. The Labute approximate surface area is 204 Å². The Balaban J connectivity index is 1.54. The molecule has 1 fully saturated rings. The molecule has 1 aromatic carbocycles. The van der Waals surface area contributed by atoms with Crippen LogP contribution in [0.4, 0.5) is 8.78 Å². The van der Waals surface area contributed by atoms with Gasteiger partial charge in [0.2, 0.25) is 10.0 Å². The van der Waals surface area contributed by atoms with Gasteiger partial charge in [-0.15, -0.1) is 0 Å². The third-order valence-electron chi connectivity index (χ3n) is 8.08. The number of benzene rings is 1. The maximum absolute atomic E-state index is 14.4. The highest BCUT2D eigenvalue weighted by Gasteiger charge is 2.64. The lowest BCUT2D eigenvalue weighted by atomic mass is 9.68. The summed E-state index contributed by atoms with van der Waals surface area (Å²) < 4.78 is 57.2. The zero-order chi connectivity index (χ0) is 25.0. The summed E-state index contributed by atoms with van der Waals surface area (Å²) >= 11 is 0. The molecule has 5 rings (SSSR count). The molecule has 1 saturated carbocycles. The van der Waals surface area contributed by atoms with Gasteiger partial charge in [0.25, 0.3) is 0 Å². The number of nitrogens with zero attached hydrogens (tertiary/aromatic N) is 4. The van der Waals surface area contributed by atoms with Crippen molar-refractivity contribution in [2.45, 2.75) is 50.7 Å². The summed E-state index contributed by atoms with van der Waals surface area (Å²) in [6.45, 7) is 6.69. The Bertz CT molecular complexity index is 1360. The van der Waals surface area contributed by atoms with E-state index in [1.54, 1.807) is 30.5 Å². The van der Waals surface area contributed by atoms with Crippen LogP contribution in [0.25, 0.3) is 11.3 Å². The highest BCUT2D eigenvalue weighted by molar-refractivity contribution is 7.88. The summed E-state index contributed by atoms with van der Waals surface area (Å²) in [5.74, 6) is -1.45. The number of hydrogen-bond acceptors (Lipinski definition) is 5. The third kappa shape index (κ3) is 3.67. The van der Waals surface area contributed by atoms with E-state index in [0.717, 1.165) is 24.1 Å². The van der Waals surface area contributed by atoms with Gasteiger partial charge in [-0.25, -0.2) is 21.5 Å². The molecule has 0 aliphatic heterocycles. The lowest BCUT2D eigenvalue weighted by molar-refractivity contribution is 0.169. The molecule has 0 amide bonds. The second-order valence-electron chi connectivity index (χ2n) is 10.0. The van der Waals surface area contributed by atoms with Gasteiger partial charge in [0.1, 0.15) is 17.4 Å². The van der Waals surface area contributed by atoms with Crippen LogP contribution < -0.4 is 0 Å². The van der Waals surface area contributed by atoms with E-state index in [1.807, 2.05) is 6.92 Å². The smallest absolute Gasteiger partial charge is 0.219 e. The summed E-state index contributed by atoms with van der Waals surface area (Å²) in [7, 11) is -3.63. The second kappa shape index (κ2) is 8.41. The minimum atomic E-state index is -3.63. The van der Waals surface area contributed by atoms with Crippen LogP contribution >= 0.6 is 0 Å². The molecule has 2 aliphatic carbocycles. The van der Waals surface area contributed by atoms with Crippen LogP contribution in [-0.4, -0.2) is 41.0 Å². The van der Waals surface area contributed by atoms with E-state index in [1.165, 1.54) is 22.5 Å². The first-order valence-electron chi connectivity index (χ1n) is 11.8. The molecule has 0 N–H and O–H groups in total. The first-order chi connectivity index (χ1) is 16.6. The summed E-state index contributed by atoms with van der Waals surface area (Å²) in [5.41, 5.74) is 1.27. The van der Waals surface area contributed by atoms with Gasteiger partial charge in [-0.05, 0) is 60.1 Å². The Morgan fingerprint density at radius 3 is 2.49 bits per heavy atom. The van der Waals surface area contributed by atoms with E-state index in [0.29, 0.717) is 12.2 Å². The molecular weight excluding hydrogens is 470 g/mol. The molecule has 0 unspecified atom stereocenters. The van der Waals surface area contributed by atoms with E-state index in [2.05, 4.69) is 29.0 Å². The van der Waals surface area contributed by atoms with E-state index in [4.69, 9.17) is 0 Å². The molecule has 3 aromatic rings. The Hall–Kier alpha value is -2.78. The molecular formula is C26H28F2N4O2S. The molecule has 35 heavy (non-hydrogen) atoms. The molecule has 184 valence electrons. The lowest BCUT2D eigenvalue weighted by Gasteiger charge is -2.41. The first-order valence-corrected chi connectivity index (χ1v) is 13.4. The zero-order valence-electron chi connectivity index (χ0n) is 20.0. The summed E-state index contributed by atoms with van der Waals surface area (Å²) in [4.78, 5) is 4.19. The fourth-order valence-corrected chi connectivity index (χ4v) is 7.65. The number of likely N-dealkylation sites (N-methyl/N-ethyl adjacent to an activating group) is 1. The van der Waals surface area contributed by atoms with Gasteiger partial charge in [-0.1, -0.05) is 32.9 Å². The van der Waals surface area contributed by atoms with E-state index < -0.39 is 27.1 Å². The molecule has 2 aromatic heterocycles. The topological polar surface area (TPSA) is 76.1 Å². The molecule has 0 spiro atoms. The van der Waals surface area contributed by atoms with Crippen molar-refractivity contribution < 1.29 is 17.2 Å². The molecule has 2 aliphatic rings. The van der Waals surface area contributed by atoms with Crippen molar-refractivity contribution in [2.24, 2.45) is 5.41 Å². The van der Waals surface area contributed by atoms with Gasteiger partial charge in [0.05, 0.1) is 22.6 Å². The normalized spacial score (nSPS) is 22.5. The van der Waals surface area contributed by atoms with Crippen LogP contribution in [-0.2, 0) is 21.2 Å². The number of sulfonamides is 1. The Morgan fingerprint density at radius 2 is 1.83 bits per heavy atom. The average molecular weight is 499 g/mol. The van der Waals surface area contributed by atoms with E-state index in [-0.39, 0.29) is 34.9 Å². The molecule has 2 atom stereocenters. The van der Waals surface area contributed by atoms with Gasteiger partial charge in [-0.3, -0.25) is 4.98 Å². The fourth-order valence-electron chi connectivity index (χ4n) is 6.11. The standard InChI is InChI=1S/C26H28F2N4O2S/c1-4-32(35(33,34)15-17-8-5-6-13-29-17)16-26-12-11-19(25(26,2)3)18-14-22(30-31-24(18)26)23-20(27)9-7-10-21(23)28/h5-10,13-14,19H,4,11-12,15-16H2,1-3H3/t19-,26-/m0/s1. The van der Waals surface area contributed by atoms with Crippen LogP contribution in [0.1, 0.15) is 56.5 Å². The van der Waals surface area contributed by atoms with E-state index >= 15 is 0 Å². The molecule has 0 radical (unpaired) electrons. The van der Waals surface area contributed by atoms with Crippen molar-refractivity contribution in [3.63, 3.8) is 0 Å². The van der Waals surface area contributed by atoms with Crippen LogP contribution in [0.2, 0.25) is 0 Å². The van der Waals surface area contributed by atoms with Crippen LogP contribution in [0.3, 0.4) is 0 Å². The lowest BCUT2D eigenvalue weighted by Crippen LogP contribution is -2.48. The van der Waals surface area contributed by atoms with Crippen molar-refractivity contribution in [2.75, 3.05) is 13.1 Å². The van der Waals surface area contributed by atoms with Gasteiger partial charge in [0, 0.05) is 24.7 Å². The monoisotopic (exact) mass is 498 g/mol. The van der Waals surface area contributed by atoms with Gasteiger partial charge < -0.3 is 0 Å². The minimum Gasteiger partial charge on any atom is -0.260 e. The van der Waals surface area contributed by atoms with Crippen molar-refractivity contribution in [1.82, 2.24) is 19.5 Å². The fraction of sp³-hybridized carbons (Fsp3) is 0.423. The predicted molar refractivity (Wildman–Crippen MR) is 129 cm³/mol. The zero-order valence-corrected chi connectivity index (χ0v) is 20.8. The number of fused-ring (bicyclic) bond motifs is 5. The number of rotatable bonds is 7. The van der Waals surface area contributed by atoms with Crippen molar-refractivity contribution in [1.29, 1.82) is 0 Å². The summed E-state index contributed by atoms with van der Waals surface area (Å²) in [5, 5.41) is 8.73. The predicted octanol–water partition coefficient (Wildman–Crippen LogP) is 4.82. The van der Waals surface area contributed by atoms with Crippen LogP contribution in [0, 0.1) is 17.0 Å². The quantitative estimate of drug-likeness (QED) is 0.467. The Morgan fingerprint density at radius 1 is 1.09 bits per heavy atom. The molecule has 2 heterocycles. The number of hydrogen-bond donors (Lipinski definition) is 0. The maximum Gasteiger partial charge on any atom is 0.219 e. The second-order valence-corrected chi connectivity index (χ2v) is 12.0. The third-order valence-corrected chi connectivity index (χ3v) is 9.92. The Kier molecular flexibility index (Phi) is 5.75. The number of halogens is 2. The minimum absolute atomic E-state index is 0.0961. The van der Waals surface area contributed by atoms with Crippen molar-refractivity contribution in [3.8, 4) is 11.3 Å². The van der Waals surface area contributed by atoms with Crippen LogP contribution in [0.15, 0.2) is 48.7 Å². The molecule has 0 saturated heterocycles. The highest BCUT2D eigenvalue weighted by atomic mass is 32.2. The largest absolute Gasteiger partial charge is 0.260 e. The van der Waals surface area contributed by atoms with Crippen molar-refractivity contribution in [3.05, 3.63) is 77.2 Å². The van der Waals surface area contributed by atoms with Crippen LogP contribution in [0.5, 0.6) is 0 Å². The average Bonchev–Trinajstić information content (AvgIpc) is 3.17. The number of aromatic nitrogens is 3. The van der Waals surface area contributed by atoms with Gasteiger partial charge >= 0.3 is 0 Å². The maximum atomic E-state index is 14.4. The van der Waals surface area contributed by atoms with E-state index in [9.17, 15) is 17.2 Å². The molecule has 9 heteroatoms. The van der Waals surface area contributed by atoms with Crippen molar-refractivity contribution >= 4 is 10.0 Å². The summed E-state index contributed by atoms with van der Waals surface area (Å²) in [6.07, 6.45) is 3.21. The molecule has 6 nitrogen and oxygen atoms in total. The first kappa shape index (κ1) is 23.9. The SMILES string of the molecule is CCN(C[C@@]12CC[C@@H](c3cc(-c4c(F)cccc4F)nnc31)C2(C)C)S(=O)(=O)Cc1ccccn1.